The van der Waals surface area contributed by atoms with Gasteiger partial charge in [0.15, 0.2) is 11.3 Å². The summed E-state index contributed by atoms with van der Waals surface area (Å²) in [6.07, 6.45) is 6.42. The van der Waals surface area contributed by atoms with Crippen LogP contribution in [-0.2, 0) is 0 Å². The Morgan fingerprint density at radius 1 is 1.30 bits per heavy atom. The molecule has 106 valence electrons. The van der Waals surface area contributed by atoms with Gasteiger partial charge in [0.25, 0.3) is 0 Å². The molecule has 0 atom stereocenters. The van der Waals surface area contributed by atoms with Gasteiger partial charge in [0.05, 0.1) is 10.8 Å². The molecule has 4 heteroatoms. The molecule has 0 aliphatic heterocycles. The molecule has 1 fully saturated rings. The molecule has 0 radical (unpaired) electrons. The Hall–Kier alpha value is -0.930. The number of para-hydroxylation sites is 1. The highest BCUT2D eigenvalue weighted by molar-refractivity contribution is 8.00. The summed E-state index contributed by atoms with van der Waals surface area (Å²) in [4.78, 5) is 12.2. The van der Waals surface area contributed by atoms with Crippen molar-refractivity contribution in [2.75, 3.05) is 5.75 Å². The Bertz CT molecular complexity index is 614. The van der Waals surface area contributed by atoms with E-state index >= 15 is 0 Å². The fourth-order valence-corrected chi connectivity index (χ4v) is 4.08. The van der Waals surface area contributed by atoms with Crippen molar-refractivity contribution in [2.45, 2.75) is 37.4 Å². The fourth-order valence-electron chi connectivity index (χ4n) is 2.66. The number of halogens is 1. The Morgan fingerprint density at radius 3 is 2.85 bits per heavy atom. The molecule has 3 rings (SSSR count). The predicted molar refractivity (Wildman–Crippen MR) is 84.9 cm³/mol. The molecular formula is C16H17ClO2S. The SMILES string of the molecule is O=C(CSC1CCCCC1)c1cc2cccc(Cl)c2o1. The third-order valence-electron chi connectivity index (χ3n) is 3.77. The summed E-state index contributed by atoms with van der Waals surface area (Å²) >= 11 is 7.84. The first kappa shape index (κ1) is 14.0. The maximum absolute atomic E-state index is 12.2. The maximum atomic E-state index is 12.2. The number of Topliss-reactive ketones (excluding diaryl/α,β-unsaturated/α-hetero) is 1. The average Bonchev–Trinajstić information content (AvgIpc) is 2.91. The lowest BCUT2D eigenvalue weighted by Crippen LogP contribution is -2.11. The highest BCUT2D eigenvalue weighted by atomic mass is 35.5. The average molecular weight is 309 g/mol. The minimum Gasteiger partial charge on any atom is -0.451 e. The largest absolute Gasteiger partial charge is 0.451 e. The van der Waals surface area contributed by atoms with Crippen LogP contribution < -0.4 is 0 Å². The lowest BCUT2D eigenvalue weighted by Gasteiger charge is -2.20. The molecule has 0 saturated heterocycles. The fraction of sp³-hybridized carbons (Fsp3) is 0.438. The van der Waals surface area contributed by atoms with Crippen molar-refractivity contribution in [3.05, 3.63) is 35.0 Å². The molecule has 0 spiro atoms. The summed E-state index contributed by atoms with van der Waals surface area (Å²) in [5.41, 5.74) is 0.611. The molecule has 1 heterocycles. The van der Waals surface area contributed by atoms with E-state index in [0.29, 0.717) is 27.4 Å². The monoisotopic (exact) mass is 308 g/mol. The Kier molecular flexibility index (Phi) is 4.37. The molecule has 1 saturated carbocycles. The summed E-state index contributed by atoms with van der Waals surface area (Å²) in [5, 5.41) is 2.09. The van der Waals surface area contributed by atoms with Crippen LogP contribution in [0.4, 0.5) is 0 Å². The molecule has 1 aromatic heterocycles. The second-order valence-corrected chi connectivity index (χ2v) is 6.96. The van der Waals surface area contributed by atoms with Crippen molar-refractivity contribution in [3.8, 4) is 0 Å². The number of fused-ring (bicyclic) bond motifs is 1. The van der Waals surface area contributed by atoms with Gasteiger partial charge < -0.3 is 4.42 Å². The number of benzene rings is 1. The van der Waals surface area contributed by atoms with E-state index < -0.39 is 0 Å². The zero-order valence-corrected chi connectivity index (χ0v) is 12.8. The smallest absolute Gasteiger partial charge is 0.207 e. The van der Waals surface area contributed by atoms with Crippen molar-refractivity contribution < 1.29 is 9.21 Å². The van der Waals surface area contributed by atoms with Gasteiger partial charge in [-0.05, 0) is 25.0 Å². The first-order valence-corrected chi connectivity index (χ1v) is 8.49. The minimum atomic E-state index is 0.0628. The first-order chi connectivity index (χ1) is 9.74. The molecule has 0 bridgehead atoms. The van der Waals surface area contributed by atoms with Gasteiger partial charge in [0.2, 0.25) is 5.78 Å². The summed E-state index contributed by atoms with van der Waals surface area (Å²) < 4.78 is 5.61. The van der Waals surface area contributed by atoms with Crippen LogP contribution in [0.3, 0.4) is 0 Å². The summed E-state index contributed by atoms with van der Waals surface area (Å²) in [6.45, 7) is 0. The molecule has 2 nitrogen and oxygen atoms in total. The van der Waals surface area contributed by atoms with Crippen molar-refractivity contribution in [3.63, 3.8) is 0 Å². The Balaban J connectivity index is 1.67. The van der Waals surface area contributed by atoms with E-state index in [1.54, 1.807) is 23.9 Å². The molecule has 1 aliphatic carbocycles. The number of carbonyl (C=O) groups excluding carboxylic acids is 1. The lowest BCUT2D eigenvalue weighted by atomic mass is 10.0. The van der Waals surface area contributed by atoms with Crippen LogP contribution in [0.2, 0.25) is 5.02 Å². The number of carbonyl (C=O) groups is 1. The summed E-state index contributed by atoms with van der Waals surface area (Å²) in [6, 6.07) is 7.35. The summed E-state index contributed by atoms with van der Waals surface area (Å²) in [5.74, 6) is 0.992. The zero-order chi connectivity index (χ0) is 13.9. The van der Waals surface area contributed by atoms with Gasteiger partial charge in [-0.25, -0.2) is 0 Å². The second-order valence-electron chi connectivity index (χ2n) is 5.26. The highest BCUT2D eigenvalue weighted by Crippen LogP contribution is 2.30. The van der Waals surface area contributed by atoms with Crippen LogP contribution >= 0.6 is 23.4 Å². The maximum Gasteiger partial charge on any atom is 0.207 e. The molecule has 0 unspecified atom stereocenters. The van der Waals surface area contributed by atoms with Crippen LogP contribution in [0.1, 0.15) is 42.7 Å². The van der Waals surface area contributed by atoms with Gasteiger partial charge in [0.1, 0.15) is 0 Å². The third-order valence-corrected chi connectivity index (χ3v) is 5.44. The zero-order valence-electron chi connectivity index (χ0n) is 11.2. The quantitative estimate of drug-likeness (QED) is 0.715. The van der Waals surface area contributed by atoms with Gasteiger partial charge in [-0.2, -0.15) is 11.8 Å². The van der Waals surface area contributed by atoms with E-state index in [9.17, 15) is 4.79 Å². The van der Waals surface area contributed by atoms with Gasteiger partial charge in [-0.3, -0.25) is 4.79 Å². The van der Waals surface area contributed by atoms with Crippen molar-refractivity contribution >= 4 is 40.1 Å². The number of hydrogen-bond donors (Lipinski definition) is 0. The van der Waals surface area contributed by atoms with E-state index in [1.807, 2.05) is 12.1 Å². The van der Waals surface area contributed by atoms with Crippen LogP contribution in [-0.4, -0.2) is 16.8 Å². The van der Waals surface area contributed by atoms with E-state index in [1.165, 1.54) is 32.1 Å². The number of furan rings is 1. The first-order valence-electron chi connectivity index (χ1n) is 7.07. The normalized spacial score (nSPS) is 16.6. The number of hydrogen-bond acceptors (Lipinski definition) is 3. The standard InChI is InChI=1S/C16H17ClO2S/c17-13-8-4-5-11-9-15(19-16(11)13)14(18)10-20-12-6-2-1-3-7-12/h4-5,8-9,12H,1-3,6-7,10H2. The third kappa shape index (κ3) is 3.04. The van der Waals surface area contributed by atoms with Crippen LogP contribution in [0.25, 0.3) is 11.0 Å². The molecule has 1 aromatic carbocycles. The molecular weight excluding hydrogens is 292 g/mol. The van der Waals surface area contributed by atoms with E-state index in [0.717, 1.165) is 5.39 Å². The highest BCUT2D eigenvalue weighted by Gasteiger charge is 2.18. The number of thioether (sulfide) groups is 1. The van der Waals surface area contributed by atoms with Gasteiger partial charge in [-0.1, -0.05) is 43.0 Å². The molecule has 2 aromatic rings. The molecule has 1 aliphatic rings. The lowest BCUT2D eigenvalue weighted by molar-refractivity contribution is 0.0994. The van der Waals surface area contributed by atoms with Crippen molar-refractivity contribution in [2.24, 2.45) is 0 Å². The number of ketones is 1. The van der Waals surface area contributed by atoms with Crippen LogP contribution in [0, 0.1) is 0 Å². The molecule has 0 amide bonds. The Morgan fingerprint density at radius 2 is 2.10 bits per heavy atom. The molecule has 20 heavy (non-hydrogen) atoms. The van der Waals surface area contributed by atoms with Crippen LogP contribution in [0.15, 0.2) is 28.7 Å². The number of rotatable bonds is 4. The van der Waals surface area contributed by atoms with Crippen molar-refractivity contribution in [1.82, 2.24) is 0 Å². The Labute approximate surface area is 127 Å². The minimum absolute atomic E-state index is 0.0628. The van der Waals surface area contributed by atoms with Gasteiger partial charge >= 0.3 is 0 Å². The molecule has 0 N–H and O–H groups in total. The van der Waals surface area contributed by atoms with Gasteiger partial charge in [-0.15, -0.1) is 0 Å². The van der Waals surface area contributed by atoms with E-state index in [-0.39, 0.29) is 5.78 Å². The predicted octanol–water partition coefficient (Wildman–Crippen LogP) is 5.33. The second kappa shape index (κ2) is 6.23. The van der Waals surface area contributed by atoms with Crippen LogP contribution in [0.5, 0.6) is 0 Å². The van der Waals surface area contributed by atoms with E-state index in [2.05, 4.69) is 0 Å². The van der Waals surface area contributed by atoms with Gasteiger partial charge in [0, 0.05) is 10.6 Å². The van der Waals surface area contributed by atoms with Crippen molar-refractivity contribution in [1.29, 1.82) is 0 Å². The topological polar surface area (TPSA) is 30.2 Å². The summed E-state index contributed by atoms with van der Waals surface area (Å²) in [7, 11) is 0. The van der Waals surface area contributed by atoms with E-state index in [4.69, 9.17) is 16.0 Å².